The summed E-state index contributed by atoms with van der Waals surface area (Å²) in [6.07, 6.45) is 5.96. The Morgan fingerprint density at radius 2 is 2.18 bits per heavy atom. The quantitative estimate of drug-likeness (QED) is 0.478. The van der Waals surface area contributed by atoms with E-state index >= 15 is 0 Å². The second-order valence-corrected chi connectivity index (χ2v) is 8.63. The molecule has 1 aromatic carbocycles. The van der Waals surface area contributed by atoms with Crippen LogP contribution >= 0.6 is 35.2 Å². The number of nitrogens with zero attached hydrogens (tertiary/aromatic N) is 2. The van der Waals surface area contributed by atoms with Crippen LogP contribution in [0.3, 0.4) is 0 Å². The molecule has 4 rings (SSSR count). The Balaban J connectivity index is 1.98. The van der Waals surface area contributed by atoms with Crippen molar-refractivity contribution in [1.29, 1.82) is 0 Å². The lowest BCUT2D eigenvalue weighted by Crippen LogP contribution is -2.26. The smallest absolute Gasteiger partial charge is 0.326 e. The molecule has 0 saturated carbocycles. The fourth-order valence-electron chi connectivity index (χ4n) is 3.45. The zero-order valence-electron chi connectivity index (χ0n) is 15.4. The van der Waals surface area contributed by atoms with Crippen LogP contribution in [0, 0.1) is 11.6 Å². The summed E-state index contributed by atoms with van der Waals surface area (Å²) < 4.78 is 7.15. The summed E-state index contributed by atoms with van der Waals surface area (Å²) in [4.78, 5) is 21.0. The lowest BCUT2D eigenvalue weighted by atomic mass is 9.88. The number of ether oxygens (including phenoxy) is 1. The molecule has 0 amide bonds. The molecule has 0 bridgehead atoms. The maximum atomic E-state index is 12.3. The monoisotopic (exact) mass is 431 g/mol. The molecule has 2 heterocycles. The molecule has 0 radical (unpaired) electrons. The van der Waals surface area contributed by atoms with Crippen LogP contribution in [0.25, 0.3) is 12.2 Å². The van der Waals surface area contributed by atoms with E-state index in [9.17, 15) is 4.79 Å². The van der Waals surface area contributed by atoms with E-state index < -0.39 is 0 Å². The first-order valence-corrected chi connectivity index (χ1v) is 10.4. The minimum absolute atomic E-state index is 0.194. The molecule has 8 heteroatoms. The molecular formula is C20H18ClN3O2S2. The standard InChI is InChI=1S/C20H18ClN3O2S2/c1-11-22-18-16(28-11)6-3-12-9-13(21)4-5-14(12)17(18)15-10-24(7-8-26-2)20(25)23-19(15)27/h3-6,9-10,17H,7-8H2,1-2H3,(H,23,25,27). The lowest BCUT2D eigenvalue weighted by molar-refractivity contribution is 0.185. The van der Waals surface area contributed by atoms with E-state index in [1.807, 2.05) is 31.3 Å². The third-order valence-corrected chi connectivity index (χ3v) is 6.25. The summed E-state index contributed by atoms with van der Waals surface area (Å²) in [7, 11) is 1.61. The second-order valence-electron chi connectivity index (χ2n) is 6.55. The van der Waals surface area contributed by atoms with Crippen LogP contribution in [-0.2, 0) is 11.3 Å². The van der Waals surface area contributed by atoms with Crippen LogP contribution < -0.4 is 5.69 Å². The third kappa shape index (κ3) is 3.51. The Labute approximate surface area is 176 Å². The summed E-state index contributed by atoms with van der Waals surface area (Å²) in [6, 6.07) is 5.83. The fraction of sp³-hybridized carbons (Fsp3) is 0.250. The zero-order chi connectivity index (χ0) is 19.8. The maximum absolute atomic E-state index is 12.3. The largest absolute Gasteiger partial charge is 0.383 e. The number of aromatic nitrogens is 3. The van der Waals surface area contributed by atoms with Crippen molar-refractivity contribution in [3.8, 4) is 0 Å². The van der Waals surface area contributed by atoms with Crippen LogP contribution in [0.1, 0.15) is 38.2 Å². The highest BCUT2D eigenvalue weighted by atomic mass is 35.5. The van der Waals surface area contributed by atoms with Gasteiger partial charge < -0.3 is 4.74 Å². The highest BCUT2D eigenvalue weighted by Gasteiger charge is 2.28. The van der Waals surface area contributed by atoms with Gasteiger partial charge in [0.05, 0.1) is 34.6 Å². The van der Waals surface area contributed by atoms with Crippen molar-refractivity contribution in [2.24, 2.45) is 0 Å². The van der Waals surface area contributed by atoms with Gasteiger partial charge in [-0.3, -0.25) is 9.55 Å². The number of fused-ring (bicyclic) bond motifs is 2. The van der Waals surface area contributed by atoms with Crippen LogP contribution in [0.2, 0.25) is 5.02 Å². The Morgan fingerprint density at radius 1 is 1.36 bits per heavy atom. The topological polar surface area (TPSA) is 59.9 Å². The zero-order valence-corrected chi connectivity index (χ0v) is 17.7. The minimum Gasteiger partial charge on any atom is -0.383 e. The van der Waals surface area contributed by atoms with Gasteiger partial charge in [-0.25, -0.2) is 9.78 Å². The number of hydrogen-bond donors (Lipinski definition) is 1. The molecule has 5 nitrogen and oxygen atoms in total. The first kappa shape index (κ1) is 19.3. The van der Waals surface area contributed by atoms with E-state index in [1.54, 1.807) is 23.0 Å². The normalized spacial score (nSPS) is 15.2. The van der Waals surface area contributed by atoms with E-state index in [4.69, 9.17) is 33.5 Å². The maximum Gasteiger partial charge on any atom is 0.326 e. The van der Waals surface area contributed by atoms with Crippen molar-refractivity contribution in [3.05, 3.63) is 76.8 Å². The highest BCUT2D eigenvalue weighted by Crippen LogP contribution is 2.41. The van der Waals surface area contributed by atoms with Crippen molar-refractivity contribution in [2.75, 3.05) is 13.7 Å². The summed E-state index contributed by atoms with van der Waals surface area (Å²) in [6.45, 7) is 2.87. The van der Waals surface area contributed by atoms with Gasteiger partial charge in [0.2, 0.25) is 0 Å². The van der Waals surface area contributed by atoms with Crippen LogP contribution in [0.4, 0.5) is 0 Å². The summed E-state index contributed by atoms with van der Waals surface area (Å²) >= 11 is 13.4. The number of methoxy groups -OCH3 is 1. The van der Waals surface area contributed by atoms with E-state index in [2.05, 4.69) is 17.1 Å². The molecule has 144 valence electrons. The Morgan fingerprint density at radius 3 is 2.96 bits per heavy atom. The molecule has 1 N–H and O–H groups in total. The third-order valence-electron chi connectivity index (χ3n) is 4.72. The molecule has 2 aromatic heterocycles. The van der Waals surface area contributed by atoms with Crippen LogP contribution in [0.15, 0.2) is 29.2 Å². The number of aryl methyl sites for hydroxylation is 1. The molecule has 3 aromatic rings. The number of rotatable bonds is 4. The number of aromatic amines is 1. The van der Waals surface area contributed by atoms with E-state index in [0.717, 1.165) is 32.3 Å². The van der Waals surface area contributed by atoms with Gasteiger partial charge >= 0.3 is 5.69 Å². The summed E-state index contributed by atoms with van der Waals surface area (Å²) in [5.41, 5.74) is 3.61. The molecule has 1 aliphatic rings. The average Bonchev–Trinajstić information content (AvgIpc) is 2.96. The van der Waals surface area contributed by atoms with Gasteiger partial charge in [0.25, 0.3) is 0 Å². The van der Waals surface area contributed by atoms with E-state index in [0.29, 0.717) is 22.8 Å². The van der Waals surface area contributed by atoms with Gasteiger partial charge in [-0.15, -0.1) is 11.3 Å². The molecule has 1 atom stereocenters. The number of halogens is 1. The highest BCUT2D eigenvalue weighted by molar-refractivity contribution is 7.71. The minimum atomic E-state index is -0.247. The molecule has 0 spiro atoms. The van der Waals surface area contributed by atoms with Gasteiger partial charge in [-0.2, -0.15) is 0 Å². The lowest BCUT2D eigenvalue weighted by Gasteiger charge is -2.19. The van der Waals surface area contributed by atoms with Gasteiger partial charge in [0.15, 0.2) is 0 Å². The van der Waals surface area contributed by atoms with Gasteiger partial charge in [0.1, 0.15) is 4.64 Å². The number of H-pyrrole nitrogens is 1. The summed E-state index contributed by atoms with van der Waals surface area (Å²) in [5.74, 6) is -0.194. The van der Waals surface area contributed by atoms with Crippen molar-refractivity contribution in [3.63, 3.8) is 0 Å². The first-order valence-electron chi connectivity index (χ1n) is 8.75. The number of hydrogen-bond acceptors (Lipinski definition) is 5. The Kier molecular flexibility index (Phi) is 5.33. The van der Waals surface area contributed by atoms with Crippen LogP contribution in [-0.4, -0.2) is 28.3 Å². The number of thiazole rings is 1. The van der Waals surface area contributed by atoms with Crippen molar-refractivity contribution in [2.45, 2.75) is 19.4 Å². The van der Waals surface area contributed by atoms with Crippen molar-refractivity contribution >= 4 is 47.3 Å². The van der Waals surface area contributed by atoms with E-state index in [-0.39, 0.29) is 11.6 Å². The Bertz CT molecular complexity index is 1190. The average molecular weight is 432 g/mol. The van der Waals surface area contributed by atoms with Crippen molar-refractivity contribution in [1.82, 2.24) is 14.5 Å². The predicted octanol–water partition coefficient (Wildman–Crippen LogP) is 4.63. The van der Waals surface area contributed by atoms with Crippen LogP contribution in [0.5, 0.6) is 0 Å². The second kappa shape index (κ2) is 7.75. The fourth-order valence-corrected chi connectivity index (χ4v) is 4.76. The molecule has 0 aliphatic heterocycles. The molecule has 1 aliphatic carbocycles. The molecular weight excluding hydrogens is 414 g/mol. The Hall–Kier alpha value is -2.06. The van der Waals surface area contributed by atoms with Gasteiger partial charge in [-0.05, 0) is 36.3 Å². The molecule has 0 saturated heterocycles. The van der Waals surface area contributed by atoms with Gasteiger partial charge in [-0.1, -0.05) is 36.0 Å². The summed E-state index contributed by atoms with van der Waals surface area (Å²) in [5, 5.41) is 1.66. The molecule has 28 heavy (non-hydrogen) atoms. The number of nitrogens with one attached hydrogen (secondary N) is 1. The predicted molar refractivity (Wildman–Crippen MR) is 116 cm³/mol. The van der Waals surface area contributed by atoms with E-state index in [1.165, 1.54) is 0 Å². The molecule has 0 fully saturated rings. The van der Waals surface area contributed by atoms with Gasteiger partial charge in [0, 0.05) is 23.9 Å². The van der Waals surface area contributed by atoms with Crippen molar-refractivity contribution < 1.29 is 4.74 Å². The SMILES string of the molecule is COCCn1cc(C2c3ccc(Cl)cc3C=Cc3sc(C)nc32)c(=S)[nH]c1=O. The number of benzene rings is 1. The first-order chi connectivity index (χ1) is 13.5. The molecule has 1 unspecified atom stereocenters.